The molecule has 0 radical (unpaired) electrons. The zero-order valence-corrected chi connectivity index (χ0v) is 14.2. The highest BCUT2D eigenvalue weighted by atomic mass is 28.3. The first-order chi connectivity index (χ1) is 10.6. The Kier molecular flexibility index (Phi) is 5.74. The minimum absolute atomic E-state index is 0.0601. The third kappa shape index (κ3) is 3.57. The molecule has 0 bridgehead atoms. The Bertz CT molecular complexity index is 522. The average Bonchev–Trinajstić information content (AvgIpc) is 3.09. The van der Waals surface area contributed by atoms with Crippen LogP contribution < -0.4 is 5.19 Å². The Morgan fingerprint density at radius 2 is 1.82 bits per heavy atom. The maximum atomic E-state index is 12.0. The molecule has 0 amide bonds. The molecule has 1 aromatic carbocycles. The first-order valence-corrected chi connectivity index (χ1v) is 10.3. The molecule has 1 aromatic rings. The van der Waals surface area contributed by atoms with Crippen molar-refractivity contribution in [1.29, 1.82) is 0 Å². The number of carbonyl (C=O) groups is 1. The molecule has 1 aliphatic carbocycles. The SMILES string of the molecule is C=C[Si](C=C)(CC)c1ccc(C(=O)OOC2CCCC2)cc1. The van der Waals surface area contributed by atoms with Crippen molar-refractivity contribution in [1.82, 2.24) is 0 Å². The molecule has 2 rings (SSSR count). The van der Waals surface area contributed by atoms with Crippen LogP contribution in [0, 0.1) is 0 Å². The van der Waals surface area contributed by atoms with Gasteiger partial charge in [0.2, 0.25) is 0 Å². The number of benzene rings is 1. The lowest BCUT2D eigenvalue weighted by atomic mass is 10.2. The minimum Gasteiger partial charge on any atom is -0.293 e. The third-order valence-corrected chi connectivity index (χ3v) is 8.57. The van der Waals surface area contributed by atoms with Gasteiger partial charge in [0.05, 0.1) is 5.56 Å². The van der Waals surface area contributed by atoms with Gasteiger partial charge in [-0.15, -0.1) is 13.2 Å². The van der Waals surface area contributed by atoms with E-state index < -0.39 is 14.0 Å². The molecule has 1 aliphatic rings. The molecule has 0 unspecified atom stereocenters. The molecular formula is C18H24O3Si. The molecule has 0 N–H and O–H groups in total. The van der Waals surface area contributed by atoms with E-state index in [4.69, 9.17) is 9.78 Å². The lowest BCUT2D eigenvalue weighted by Crippen LogP contribution is -2.43. The fourth-order valence-electron chi connectivity index (χ4n) is 2.87. The monoisotopic (exact) mass is 316 g/mol. The van der Waals surface area contributed by atoms with Crippen LogP contribution in [-0.4, -0.2) is 20.1 Å². The van der Waals surface area contributed by atoms with Crippen LogP contribution in [0.2, 0.25) is 6.04 Å². The van der Waals surface area contributed by atoms with Crippen LogP contribution in [0.1, 0.15) is 43.0 Å². The fraction of sp³-hybridized carbons (Fsp3) is 0.389. The molecule has 0 atom stereocenters. The van der Waals surface area contributed by atoms with Gasteiger partial charge in [-0.1, -0.05) is 48.5 Å². The van der Waals surface area contributed by atoms with Crippen molar-refractivity contribution in [3.8, 4) is 0 Å². The second-order valence-electron chi connectivity index (χ2n) is 5.75. The summed E-state index contributed by atoms with van der Waals surface area (Å²) >= 11 is 0. The van der Waals surface area contributed by atoms with Gasteiger partial charge >= 0.3 is 5.97 Å². The van der Waals surface area contributed by atoms with Crippen LogP contribution in [0.4, 0.5) is 0 Å². The van der Waals surface area contributed by atoms with E-state index in [1.165, 1.54) is 5.19 Å². The topological polar surface area (TPSA) is 35.5 Å². The number of carbonyl (C=O) groups excluding carboxylic acids is 1. The largest absolute Gasteiger partial charge is 0.373 e. The van der Waals surface area contributed by atoms with Crippen LogP contribution >= 0.6 is 0 Å². The number of hydrogen-bond acceptors (Lipinski definition) is 3. The molecule has 22 heavy (non-hydrogen) atoms. The summed E-state index contributed by atoms with van der Waals surface area (Å²) in [6.45, 7) is 10.1. The summed E-state index contributed by atoms with van der Waals surface area (Å²) in [6, 6.07) is 8.55. The average molecular weight is 316 g/mol. The highest BCUT2D eigenvalue weighted by Crippen LogP contribution is 2.21. The molecule has 1 fully saturated rings. The third-order valence-electron chi connectivity index (χ3n) is 4.53. The summed E-state index contributed by atoms with van der Waals surface area (Å²) in [6.07, 6.45) is 4.28. The van der Waals surface area contributed by atoms with E-state index in [-0.39, 0.29) is 6.10 Å². The molecule has 0 aliphatic heterocycles. The van der Waals surface area contributed by atoms with E-state index in [1.54, 1.807) is 12.1 Å². The van der Waals surface area contributed by atoms with Gasteiger partial charge in [-0.25, -0.2) is 4.79 Å². The fourth-order valence-corrected chi connectivity index (χ4v) is 5.28. The summed E-state index contributed by atoms with van der Waals surface area (Å²) in [5.74, 6) is -0.431. The summed E-state index contributed by atoms with van der Waals surface area (Å²) in [7, 11) is -1.85. The van der Waals surface area contributed by atoms with Crippen molar-refractivity contribution in [2.45, 2.75) is 44.8 Å². The van der Waals surface area contributed by atoms with Crippen LogP contribution in [0.15, 0.2) is 48.8 Å². The summed E-state index contributed by atoms with van der Waals surface area (Å²) in [5.41, 5.74) is 4.56. The highest BCUT2D eigenvalue weighted by Gasteiger charge is 2.26. The second-order valence-corrected chi connectivity index (χ2v) is 9.93. The van der Waals surface area contributed by atoms with Gasteiger partial charge in [0.15, 0.2) is 0 Å². The maximum Gasteiger partial charge on any atom is 0.373 e. The van der Waals surface area contributed by atoms with Gasteiger partial charge in [0.1, 0.15) is 14.2 Å². The lowest BCUT2D eigenvalue weighted by Gasteiger charge is -2.23. The Labute approximate surface area is 133 Å². The van der Waals surface area contributed by atoms with Crippen molar-refractivity contribution in [2.75, 3.05) is 0 Å². The van der Waals surface area contributed by atoms with Gasteiger partial charge in [0, 0.05) is 0 Å². The predicted molar refractivity (Wildman–Crippen MR) is 91.5 cm³/mol. The van der Waals surface area contributed by atoms with Crippen LogP contribution in [0.3, 0.4) is 0 Å². The van der Waals surface area contributed by atoms with Gasteiger partial charge < -0.3 is 0 Å². The van der Waals surface area contributed by atoms with E-state index in [2.05, 4.69) is 20.1 Å². The Morgan fingerprint density at radius 1 is 1.23 bits per heavy atom. The summed E-state index contributed by atoms with van der Waals surface area (Å²) < 4.78 is 0. The van der Waals surface area contributed by atoms with Crippen LogP contribution in [0.25, 0.3) is 0 Å². The standard InChI is InChI=1S/C18H24O3Si/c1-4-22(5-2,6-3)17-13-11-15(12-14-17)18(19)21-20-16-9-7-8-10-16/h4-5,11-14,16H,1-2,6-10H2,3H3. The maximum absolute atomic E-state index is 12.0. The van der Waals surface area contributed by atoms with Gasteiger partial charge in [-0.3, -0.25) is 4.89 Å². The zero-order valence-electron chi connectivity index (χ0n) is 13.2. The first kappa shape index (κ1) is 16.7. The van der Waals surface area contributed by atoms with Crippen molar-refractivity contribution < 1.29 is 14.6 Å². The number of hydrogen-bond donors (Lipinski definition) is 0. The minimum atomic E-state index is -1.85. The molecule has 0 heterocycles. The van der Waals surface area contributed by atoms with Crippen molar-refractivity contribution >= 4 is 19.2 Å². The molecule has 0 saturated heterocycles. The van der Waals surface area contributed by atoms with E-state index in [1.807, 2.05) is 23.5 Å². The highest BCUT2D eigenvalue weighted by molar-refractivity contribution is 6.99. The second kappa shape index (κ2) is 7.56. The smallest absolute Gasteiger partial charge is 0.293 e. The zero-order chi connectivity index (χ0) is 16.0. The summed E-state index contributed by atoms with van der Waals surface area (Å²) in [5, 5.41) is 1.20. The Hall–Kier alpha value is -1.65. The van der Waals surface area contributed by atoms with Gasteiger partial charge in [0.25, 0.3) is 0 Å². The van der Waals surface area contributed by atoms with Gasteiger partial charge in [-0.05, 0) is 31.0 Å². The van der Waals surface area contributed by atoms with Crippen molar-refractivity contribution in [2.24, 2.45) is 0 Å². The Balaban J connectivity index is 2.02. The molecule has 0 spiro atoms. The lowest BCUT2D eigenvalue weighted by molar-refractivity contribution is -0.272. The van der Waals surface area contributed by atoms with E-state index in [0.717, 1.165) is 31.7 Å². The van der Waals surface area contributed by atoms with Crippen LogP contribution in [-0.2, 0) is 9.78 Å². The predicted octanol–water partition coefficient (Wildman–Crippen LogP) is 3.84. The Morgan fingerprint density at radius 3 is 2.32 bits per heavy atom. The molecular weight excluding hydrogens is 292 g/mol. The van der Waals surface area contributed by atoms with Crippen LogP contribution in [0.5, 0.6) is 0 Å². The van der Waals surface area contributed by atoms with E-state index in [9.17, 15) is 4.79 Å². The van der Waals surface area contributed by atoms with Gasteiger partial charge in [-0.2, -0.15) is 4.89 Å². The van der Waals surface area contributed by atoms with E-state index >= 15 is 0 Å². The molecule has 3 nitrogen and oxygen atoms in total. The molecule has 118 valence electrons. The summed E-state index contributed by atoms with van der Waals surface area (Å²) in [4.78, 5) is 22.2. The quantitative estimate of drug-likeness (QED) is 0.435. The van der Waals surface area contributed by atoms with Crippen molar-refractivity contribution in [3.63, 3.8) is 0 Å². The molecule has 1 saturated carbocycles. The molecule has 0 aromatic heterocycles. The molecule has 4 heteroatoms. The number of rotatable bonds is 7. The van der Waals surface area contributed by atoms with Crippen molar-refractivity contribution in [3.05, 3.63) is 54.4 Å². The normalized spacial score (nSPS) is 15.5. The van der Waals surface area contributed by atoms with E-state index in [0.29, 0.717) is 5.56 Å². The first-order valence-electron chi connectivity index (χ1n) is 7.90.